The van der Waals surface area contributed by atoms with Crippen molar-refractivity contribution >= 4 is 11.6 Å². The van der Waals surface area contributed by atoms with E-state index in [1.54, 1.807) is 12.1 Å². The number of halogens is 2. The quantitative estimate of drug-likeness (QED) is 0.832. The number of rotatable bonds is 5. The molecule has 1 fully saturated rings. The lowest BCUT2D eigenvalue weighted by Gasteiger charge is -2.10. The van der Waals surface area contributed by atoms with Crippen LogP contribution in [0.25, 0.3) is 0 Å². The van der Waals surface area contributed by atoms with Gasteiger partial charge in [0.15, 0.2) is 0 Å². The molecule has 0 aliphatic heterocycles. The molecule has 0 spiro atoms. The van der Waals surface area contributed by atoms with Gasteiger partial charge in [-0.1, -0.05) is 17.7 Å². The Balaban J connectivity index is 1.78. The maximum Gasteiger partial charge on any atom is 0.142 e. The average Bonchev–Trinajstić information content (AvgIpc) is 3.07. The fraction of sp³-hybridized carbons (Fsp3) is 0.500. The molecule has 16 heavy (non-hydrogen) atoms. The highest BCUT2D eigenvalue weighted by atomic mass is 35.5. The number of benzene rings is 1. The average molecular weight is 244 g/mol. The molecule has 2 N–H and O–H groups in total. The highest BCUT2D eigenvalue weighted by molar-refractivity contribution is 6.30. The summed E-state index contributed by atoms with van der Waals surface area (Å²) < 4.78 is 13.1. The van der Waals surface area contributed by atoms with Crippen LogP contribution in [-0.2, 0) is 6.54 Å². The zero-order chi connectivity index (χ0) is 11.5. The Morgan fingerprint density at radius 3 is 2.88 bits per heavy atom. The third-order valence-corrected chi connectivity index (χ3v) is 3.14. The van der Waals surface area contributed by atoms with E-state index in [1.807, 2.05) is 0 Å². The minimum absolute atomic E-state index is 0.141. The van der Waals surface area contributed by atoms with Crippen molar-refractivity contribution < 1.29 is 9.50 Å². The van der Waals surface area contributed by atoms with Gasteiger partial charge in [0.25, 0.3) is 0 Å². The van der Waals surface area contributed by atoms with E-state index >= 15 is 0 Å². The molecule has 0 heterocycles. The van der Waals surface area contributed by atoms with E-state index in [1.165, 1.54) is 6.07 Å². The van der Waals surface area contributed by atoms with Crippen LogP contribution in [0.4, 0.5) is 4.39 Å². The summed E-state index contributed by atoms with van der Waals surface area (Å²) in [6.45, 7) is 1.12. The van der Waals surface area contributed by atoms with Crippen molar-refractivity contribution in [3.63, 3.8) is 0 Å². The van der Waals surface area contributed by atoms with E-state index < -0.39 is 5.82 Å². The van der Waals surface area contributed by atoms with E-state index in [-0.39, 0.29) is 11.1 Å². The van der Waals surface area contributed by atoms with E-state index in [0.29, 0.717) is 19.0 Å². The molecule has 2 rings (SSSR count). The van der Waals surface area contributed by atoms with Crippen LogP contribution in [0.2, 0.25) is 5.02 Å². The number of aliphatic hydroxyl groups excluding tert-OH is 1. The second-order valence-electron chi connectivity index (χ2n) is 4.28. The van der Waals surface area contributed by atoms with E-state index in [2.05, 4.69) is 5.32 Å². The van der Waals surface area contributed by atoms with Crippen molar-refractivity contribution in [3.05, 3.63) is 34.6 Å². The van der Waals surface area contributed by atoms with Gasteiger partial charge in [-0.2, -0.15) is 0 Å². The van der Waals surface area contributed by atoms with E-state index in [4.69, 9.17) is 11.6 Å². The Bertz CT molecular complexity index is 368. The molecule has 1 aromatic rings. The van der Waals surface area contributed by atoms with Crippen LogP contribution in [0.3, 0.4) is 0 Å². The van der Waals surface area contributed by atoms with Crippen LogP contribution in [0.15, 0.2) is 18.2 Å². The molecular weight excluding hydrogens is 229 g/mol. The topological polar surface area (TPSA) is 32.3 Å². The van der Waals surface area contributed by atoms with Gasteiger partial charge in [-0.15, -0.1) is 0 Å². The largest absolute Gasteiger partial charge is 0.392 e. The minimum Gasteiger partial charge on any atom is -0.392 e. The Labute approximate surface area is 99.4 Å². The lowest BCUT2D eigenvalue weighted by Crippen LogP contribution is -2.27. The van der Waals surface area contributed by atoms with Gasteiger partial charge in [0.2, 0.25) is 0 Å². The van der Waals surface area contributed by atoms with Crippen molar-refractivity contribution in [2.45, 2.75) is 25.5 Å². The second-order valence-corrected chi connectivity index (χ2v) is 4.69. The SMILES string of the molecule is OC(CNCc1ccc(Cl)c(F)c1)C1CC1. The van der Waals surface area contributed by atoms with Crippen LogP contribution in [0.1, 0.15) is 18.4 Å². The molecule has 1 aliphatic rings. The number of hydrogen-bond donors (Lipinski definition) is 2. The maximum atomic E-state index is 13.1. The first-order valence-corrected chi connectivity index (χ1v) is 5.87. The van der Waals surface area contributed by atoms with Crippen molar-refractivity contribution in [2.75, 3.05) is 6.54 Å². The lowest BCUT2D eigenvalue weighted by atomic mass is 10.2. The van der Waals surface area contributed by atoms with Gasteiger partial charge in [0.05, 0.1) is 11.1 Å². The first-order chi connectivity index (χ1) is 7.66. The highest BCUT2D eigenvalue weighted by Gasteiger charge is 2.28. The van der Waals surface area contributed by atoms with Crippen LogP contribution < -0.4 is 5.32 Å². The standard InChI is InChI=1S/C12H15ClFNO/c13-10-4-1-8(5-11(10)14)6-15-7-12(16)9-2-3-9/h1,4-5,9,12,15-16H,2-3,6-7H2. The third-order valence-electron chi connectivity index (χ3n) is 2.83. The van der Waals surface area contributed by atoms with Crippen molar-refractivity contribution in [3.8, 4) is 0 Å². The molecule has 0 aromatic heterocycles. The number of nitrogens with one attached hydrogen (secondary N) is 1. The van der Waals surface area contributed by atoms with Gasteiger partial charge in [-0.25, -0.2) is 4.39 Å². The summed E-state index contributed by atoms with van der Waals surface area (Å²) in [4.78, 5) is 0. The molecule has 0 radical (unpaired) electrons. The molecule has 1 saturated carbocycles. The van der Waals surface area contributed by atoms with Crippen LogP contribution in [0.5, 0.6) is 0 Å². The van der Waals surface area contributed by atoms with Gasteiger partial charge >= 0.3 is 0 Å². The van der Waals surface area contributed by atoms with E-state index in [9.17, 15) is 9.50 Å². The molecule has 1 unspecified atom stereocenters. The predicted octanol–water partition coefficient (Wildman–Crippen LogP) is 2.34. The Kier molecular flexibility index (Phi) is 3.79. The minimum atomic E-state index is -0.399. The molecule has 0 bridgehead atoms. The van der Waals surface area contributed by atoms with E-state index in [0.717, 1.165) is 18.4 Å². The second kappa shape index (κ2) is 5.13. The molecule has 4 heteroatoms. The molecule has 1 aliphatic carbocycles. The summed E-state index contributed by atoms with van der Waals surface area (Å²) in [5, 5.41) is 12.9. The zero-order valence-electron chi connectivity index (χ0n) is 8.92. The Morgan fingerprint density at radius 1 is 1.50 bits per heavy atom. The summed E-state index contributed by atoms with van der Waals surface area (Å²) in [6, 6.07) is 4.74. The van der Waals surface area contributed by atoms with Gasteiger partial charge in [0, 0.05) is 13.1 Å². The Hall–Kier alpha value is -0.640. The summed E-state index contributed by atoms with van der Waals surface area (Å²) in [6.07, 6.45) is 1.98. The number of aliphatic hydroxyl groups is 1. The van der Waals surface area contributed by atoms with Crippen molar-refractivity contribution in [1.29, 1.82) is 0 Å². The molecular formula is C12H15ClFNO. The molecule has 1 aromatic carbocycles. The fourth-order valence-corrected chi connectivity index (χ4v) is 1.78. The highest BCUT2D eigenvalue weighted by Crippen LogP contribution is 2.32. The first-order valence-electron chi connectivity index (χ1n) is 5.49. The summed E-state index contributed by atoms with van der Waals surface area (Å²) >= 11 is 5.58. The first kappa shape index (κ1) is 11.8. The molecule has 0 saturated heterocycles. The van der Waals surface area contributed by atoms with Crippen LogP contribution in [0, 0.1) is 11.7 Å². The Morgan fingerprint density at radius 2 is 2.25 bits per heavy atom. The summed E-state index contributed by atoms with van der Waals surface area (Å²) in [5.41, 5.74) is 0.838. The smallest absolute Gasteiger partial charge is 0.142 e. The van der Waals surface area contributed by atoms with Crippen molar-refractivity contribution in [1.82, 2.24) is 5.32 Å². The van der Waals surface area contributed by atoms with Gasteiger partial charge < -0.3 is 10.4 Å². The molecule has 2 nitrogen and oxygen atoms in total. The maximum absolute atomic E-state index is 13.1. The molecule has 88 valence electrons. The molecule has 1 atom stereocenters. The summed E-state index contributed by atoms with van der Waals surface area (Å²) in [5.74, 6) is 0.0677. The van der Waals surface area contributed by atoms with Crippen LogP contribution in [-0.4, -0.2) is 17.8 Å². The number of hydrogen-bond acceptors (Lipinski definition) is 2. The zero-order valence-corrected chi connectivity index (χ0v) is 9.67. The lowest BCUT2D eigenvalue weighted by molar-refractivity contribution is 0.148. The van der Waals surface area contributed by atoms with Gasteiger partial charge in [0.1, 0.15) is 5.82 Å². The predicted molar refractivity (Wildman–Crippen MR) is 61.8 cm³/mol. The summed E-state index contributed by atoms with van der Waals surface area (Å²) in [7, 11) is 0. The fourth-order valence-electron chi connectivity index (χ4n) is 1.66. The molecule has 0 amide bonds. The van der Waals surface area contributed by atoms with Gasteiger partial charge in [-0.3, -0.25) is 0 Å². The monoisotopic (exact) mass is 243 g/mol. The van der Waals surface area contributed by atoms with Gasteiger partial charge in [-0.05, 0) is 36.5 Å². The van der Waals surface area contributed by atoms with Crippen molar-refractivity contribution in [2.24, 2.45) is 5.92 Å². The normalized spacial score (nSPS) is 17.4. The third kappa shape index (κ3) is 3.17. The van der Waals surface area contributed by atoms with Crippen LogP contribution >= 0.6 is 11.6 Å².